The molecule has 1 aromatic rings. The van der Waals surface area contributed by atoms with Crippen LogP contribution in [0.5, 0.6) is 0 Å². The van der Waals surface area contributed by atoms with Crippen molar-refractivity contribution in [1.29, 1.82) is 0 Å². The third-order valence-corrected chi connectivity index (χ3v) is 11.7. The van der Waals surface area contributed by atoms with E-state index < -0.39 is 18.4 Å². The van der Waals surface area contributed by atoms with Gasteiger partial charge in [-0.25, -0.2) is 0 Å². The molecule has 2 aliphatic heterocycles. The number of fused-ring (bicyclic) bond motifs is 3. The average Bonchev–Trinajstić information content (AvgIpc) is 2.67. The minimum atomic E-state index is -2.23. The van der Waals surface area contributed by atoms with Crippen LogP contribution in [-0.4, -0.2) is 30.1 Å². The van der Waals surface area contributed by atoms with Crippen molar-refractivity contribution >= 4 is 28.7 Å². The fourth-order valence-corrected chi connectivity index (χ4v) is 11.2. The summed E-state index contributed by atoms with van der Waals surface area (Å²) in [5, 5.41) is 0. The molecule has 0 radical (unpaired) electrons. The van der Waals surface area contributed by atoms with Crippen LogP contribution in [0, 0.1) is 5.92 Å². The van der Waals surface area contributed by atoms with Gasteiger partial charge in [0.1, 0.15) is 0 Å². The molecule has 1 aromatic heterocycles. The molecule has 1 nitrogen and oxygen atoms in total. The van der Waals surface area contributed by atoms with Gasteiger partial charge in [0.25, 0.3) is 0 Å². The first kappa shape index (κ1) is 16.6. The topological polar surface area (TPSA) is 12.9 Å². The summed E-state index contributed by atoms with van der Waals surface area (Å²) in [4.78, 5) is 12.5. The maximum absolute atomic E-state index is 4.79. The minimum absolute atomic E-state index is 0.780. The summed E-state index contributed by atoms with van der Waals surface area (Å²) in [7, 11) is 0. The van der Waals surface area contributed by atoms with E-state index in [9.17, 15) is 0 Å². The molecule has 3 rings (SSSR count). The van der Waals surface area contributed by atoms with E-state index in [1.165, 1.54) is 44.2 Å². The van der Waals surface area contributed by atoms with E-state index in [2.05, 4.69) is 39.8 Å². The van der Waals surface area contributed by atoms with Crippen molar-refractivity contribution in [3.8, 4) is 0 Å². The Balaban J connectivity index is 2.20. The van der Waals surface area contributed by atoms with Crippen LogP contribution in [0.15, 0.2) is 29.9 Å². The van der Waals surface area contributed by atoms with E-state index in [1.54, 1.807) is 3.59 Å². The second-order valence-corrected chi connectivity index (χ2v) is 22.7. The van der Waals surface area contributed by atoms with Crippen molar-refractivity contribution in [2.75, 3.05) is 0 Å². The molecule has 0 aromatic carbocycles. The number of aromatic nitrogens is 1. The number of nitrogens with zero attached hydrogens (tertiary/aromatic N) is 1. The van der Waals surface area contributed by atoms with Crippen LogP contribution in [0.25, 0.3) is 3.59 Å². The molecule has 3 heteroatoms. The van der Waals surface area contributed by atoms with Crippen LogP contribution in [-0.2, 0) is 0 Å². The van der Waals surface area contributed by atoms with Crippen molar-refractivity contribution in [1.82, 2.24) is 4.98 Å². The van der Waals surface area contributed by atoms with Gasteiger partial charge in [-0.1, -0.05) is 0 Å². The first-order chi connectivity index (χ1) is 10.5. The van der Waals surface area contributed by atoms with Crippen LogP contribution in [0.3, 0.4) is 0 Å². The van der Waals surface area contributed by atoms with Gasteiger partial charge in [-0.3, -0.25) is 0 Å². The Hall–Kier alpha value is -0.246. The molecule has 0 amide bonds. The molecule has 2 aliphatic rings. The van der Waals surface area contributed by atoms with Gasteiger partial charge < -0.3 is 0 Å². The molecule has 0 spiro atoms. The van der Waals surface area contributed by atoms with Crippen molar-refractivity contribution in [3.05, 3.63) is 35.6 Å². The Bertz CT molecular complexity index is 532. The second kappa shape index (κ2) is 6.70. The maximum atomic E-state index is 4.79. The molecule has 0 aliphatic carbocycles. The monoisotopic (exact) mass is 403 g/mol. The van der Waals surface area contributed by atoms with E-state index >= 15 is 0 Å². The number of hydrogen-bond acceptors (Lipinski definition) is 1. The molecule has 0 unspecified atom stereocenters. The molecule has 118 valence electrons. The van der Waals surface area contributed by atoms with Gasteiger partial charge in [0.15, 0.2) is 0 Å². The van der Waals surface area contributed by atoms with Gasteiger partial charge in [-0.2, -0.15) is 0 Å². The summed E-state index contributed by atoms with van der Waals surface area (Å²) in [5.41, 5.74) is 3.15. The van der Waals surface area contributed by atoms with Gasteiger partial charge in [-0.05, 0) is 0 Å². The second-order valence-electron chi connectivity index (χ2n) is 8.40. The molecule has 3 heterocycles. The summed E-state index contributed by atoms with van der Waals surface area (Å²) >= 11 is -2.23. The number of pyridine rings is 1. The average molecular weight is 402 g/mol. The SMILES string of the molecule is CB1/C(=[C](/c2ccccn2)[Sn]([CH3])([CH3])[CH3])C2CCCC1CCC2. The third kappa shape index (κ3) is 3.32. The van der Waals surface area contributed by atoms with E-state index in [0.29, 0.717) is 0 Å². The van der Waals surface area contributed by atoms with Crippen LogP contribution >= 0.6 is 0 Å². The van der Waals surface area contributed by atoms with E-state index in [0.717, 1.165) is 18.4 Å². The Labute approximate surface area is 140 Å². The summed E-state index contributed by atoms with van der Waals surface area (Å²) in [6, 6.07) is 6.50. The Morgan fingerprint density at radius 2 is 1.77 bits per heavy atom. The molecule has 0 saturated carbocycles. The summed E-state index contributed by atoms with van der Waals surface area (Å²) in [6.07, 6.45) is 10.6. The van der Waals surface area contributed by atoms with Crippen LogP contribution in [0.1, 0.15) is 44.2 Å². The number of allylic oxidation sites excluding steroid dienone is 1. The number of hydrogen-bond donors (Lipinski definition) is 0. The van der Waals surface area contributed by atoms with Gasteiger partial charge in [0.05, 0.1) is 0 Å². The van der Waals surface area contributed by atoms with Gasteiger partial charge in [0, 0.05) is 0 Å². The predicted octanol–water partition coefficient (Wildman–Crippen LogP) is 5.73. The molecular weight excluding hydrogens is 372 g/mol. The standard InChI is InChI=1S/C16H21BN.3CH3.Sn/c1-17-14-8-4-6-13(7-5-9-14)16(17)12-15-10-2-3-11-18-15;;;;/h2-3,10-11,13-14H,4-9H2,1H3;3*1H3;. The van der Waals surface area contributed by atoms with Gasteiger partial charge >= 0.3 is 141 Å². The third-order valence-electron chi connectivity index (χ3n) is 5.85. The zero-order valence-electron chi connectivity index (χ0n) is 14.7. The van der Waals surface area contributed by atoms with Crippen molar-refractivity contribution < 1.29 is 0 Å². The molecule has 2 bridgehead atoms. The summed E-state index contributed by atoms with van der Waals surface area (Å²) in [6.45, 7) is 3.31. The van der Waals surface area contributed by atoms with E-state index in [1.807, 2.05) is 11.7 Å². The molecule has 0 N–H and O–H groups in total. The normalized spacial score (nSPS) is 28.3. The Morgan fingerprint density at radius 3 is 2.32 bits per heavy atom. The van der Waals surface area contributed by atoms with E-state index in [-0.39, 0.29) is 0 Å². The fourth-order valence-electron chi connectivity index (χ4n) is 4.89. The quantitative estimate of drug-likeness (QED) is 0.576. The van der Waals surface area contributed by atoms with Gasteiger partial charge in [0.2, 0.25) is 0 Å². The first-order valence-electron chi connectivity index (χ1n) is 9.14. The zero-order chi connectivity index (χ0) is 15.7. The van der Waals surface area contributed by atoms with Crippen LogP contribution in [0.4, 0.5) is 0 Å². The molecule has 2 saturated heterocycles. The molecule has 0 atom stereocenters. The zero-order valence-corrected chi connectivity index (χ0v) is 17.6. The molecule has 2 fully saturated rings. The van der Waals surface area contributed by atoms with Crippen molar-refractivity contribution in [2.45, 2.75) is 66.0 Å². The number of rotatable bonds is 2. The predicted molar refractivity (Wildman–Crippen MR) is 101 cm³/mol. The van der Waals surface area contributed by atoms with Crippen LogP contribution < -0.4 is 0 Å². The Morgan fingerprint density at radius 1 is 1.09 bits per heavy atom. The van der Waals surface area contributed by atoms with Crippen LogP contribution in [0.2, 0.25) is 27.5 Å². The van der Waals surface area contributed by atoms with Crippen molar-refractivity contribution in [2.24, 2.45) is 5.92 Å². The molecular formula is C19H30BNSn. The first-order valence-corrected chi connectivity index (χ1v) is 19.1. The summed E-state index contributed by atoms with van der Waals surface area (Å²) in [5.74, 6) is 1.77. The van der Waals surface area contributed by atoms with Crippen molar-refractivity contribution in [3.63, 3.8) is 0 Å². The van der Waals surface area contributed by atoms with E-state index in [4.69, 9.17) is 4.98 Å². The van der Waals surface area contributed by atoms with Gasteiger partial charge in [-0.15, -0.1) is 0 Å². The Kier molecular flexibility index (Phi) is 5.06. The molecule has 22 heavy (non-hydrogen) atoms. The summed E-state index contributed by atoms with van der Waals surface area (Å²) < 4.78 is 1.75. The fraction of sp³-hybridized carbons (Fsp3) is 0.632.